The predicted octanol–water partition coefficient (Wildman–Crippen LogP) is 3.24. The van der Waals surface area contributed by atoms with Gasteiger partial charge in [0.15, 0.2) is 10.3 Å². The molecule has 0 fully saturated rings. The van der Waals surface area contributed by atoms with Gasteiger partial charge in [-0.2, -0.15) is 0 Å². The van der Waals surface area contributed by atoms with Crippen LogP contribution in [-0.4, -0.2) is 26.2 Å². The number of carbonyl (C=O) groups excluding carboxylic acids is 1. The van der Waals surface area contributed by atoms with Crippen LogP contribution in [0.3, 0.4) is 0 Å². The second kappa shape index (κ2) is 7.05. The van der Waals surface area contributed by atoms with Crippen LogP contribution in [0, 0.1) is 5.92 Å². The van der Waals surface area contributed by atoms with Crippen LogP contribution in [0.2, 0.25) is 0 Å². The van der Waals surface area contributed by atoms with E-state index in [4.69, 9.17) is 0 Å². The van der Waals surface area contributed by atoms with Gasteiger partial charge in [0.1, 0.15) is 0 Å². The highest BCUT2D eigenvalue weighted by Crippen LogP contribution is 2.31. The van der Waals surface area contributed by atoms with Gasteiger partial charge in [-0.3, -0.25) is 14.2 Å². The largest absolute Gasteiger partial charge is 0.302 e. The van der Waals surface area contributed by atoms with E-state index < -0.39 is 0 Å². The van der Waals surface area contributed by atoms with Gasteiger partial charge in [-0.15, -0.1) is 11.3 Å². The molecule has 3 heterocycles. The van der Waals surface area contributed by atoms with E-state index in [1.807, 2.05) is 20.8 Å². The smallest absolute Gasteiger partial charge is 0.254 e. The third-order valence-electron chi connectivity index (χ3n) is 5.00. The summed E-state index contributed by atoms with van der Waals surface area (Å²) in [6, 6.07) is 1.60. The molecule has 2 aliphatic rings. The number of rotatable bonds is 2. The van der Waals surface area contributed by atoms with Gasteiger partial charge in [0.05, 0.1) is 17.3 Å². The van der Waals surface area contributed by atoms with Crippen LogP contribution >= 0.6 is 23.1 Å². The molecule has 6 nitrogen and oxygen atoms in total. The third kappa shape index (κ3) is 3.82. The molecule has 0 saturated carbocycles. The van der Waals surface area contributed by atoms with Gasteiger partial charge < -0.3 is 5.32 Å². The number of fused-ring (bicyclic) bond motifs is 2. The fourth-order valence-electron chi connectivity index (χ4n) is 3.37. The SMILES string of the molecule is CC(C)(C)c1cc(=O)n2c(n1)SCC(C(=O)Nc1nc3c(s1)CCCC3)C2. The van der Waals surface area contributed by atoms with E-state index in [-0.39, 0.29) is 22.8 Å². The molecule has 0 bridgehead atoms. The molecule has 0 aromatic carbocycles. The maximum Gasteiger partial charge on any atom is 0.254 e. The summed E-state index contributed by atoms with van der Waals surface area (Å²) < 4.78 is 1.63. The first-order valence-electron chi connectivity index (χ1n) is 9.36. The molecule has 4 rings (SSSR count). The number of hydrogen-bond acceptors (Lipinski definition) is 6. The standard InChI is InChI=1S/C19H24N4O2S2/c1-19(2,3)14-8-15(24)23-9-11(10-26-18(23)21-14)16(25)22-17-20-12-6-4-5-7-13(12)27-17/h8,11H,4-7,9-10H2,1-3H3,(H,20,22,25). The van der Waals surface area contributed by atoms with E-state index in [0.29, 0.717) is 22.6 Å². The maximum atomic E-state index is 12.7. The van der Waals surface area contributed by atoms with E-state index in [1.165, 1.54) is 29.5 Å². The van der Waals surface area contributed by atoms with Crippen molar-refractivity contribution >= 4 is 34.1 Å². The monoisotopic (exact) mass is 404 g/mol. The molecule has 144 valence electrons. The molecule has 1 aliphatic carbocycles. The minimum atomic E-state index is -0.261. The summed E-state index contributed by atoms with van der Waals surface area (Å²) in [4.78, 5) is 35.8. The van der Waals surface area contributed by atoms with E-state index >= 15 is 0 Å². The second-order valence-corrected chi connectivity index (χ2v) is 10.3. The molecular weight excluding hydrogens is 380 g/mol. The van der Waals surface area contributed by atoms with Gasteiger partial charge in [0, 0.05) is 28.7 Å². The fourth-order valence-corrected chi connectivity index (χ4v) is 5.51. The number of carbonyl (C=O) groups is 1. The van der Waals surface area contributed by atoms with Crippen LogP contribution in [0.5, 0.6) is 0 Å². The Morgan fingerprint density at radius 2 is 2.04 bits per heavy atom. The summed E-state index contributed by atoms with van der Waals surface area (Å²) in [7, 11) is 0. The van der Waals surface area contributed by atoms with E-state index in [9.17, 15) is 9.59 Å². The van der Waals surface area contributed by atoms with Crippen molar-refractivity contribution in [2.75, 3.05) is 11.1 Å². The van der Waals surface area contributed by atoms with E-state index in [1.54, 1.807) is 22.0 Å². The molecule has 8 heteroatoms. The summed E-state index contributed by atoms with van der Waals surface area (Å²) >= 11 is 3.07. The molecule has 1 amide bonds. The summed E-state index contributed by atoms with van der Waals surface area (Å²) in [5.74, 6) is 0.297. The van der Waals surface area contributed by atoms with E-state index in [0.717, 1.165) is 24.2 Å². The number of nitrogens with one attached hydrogen (secondary N) is 1. The van der Waals surface area contributed by atoms with Crippen LogP contribution in [0.15, 0.2) is 16.0 Å². The average Bonchev–Trinajstić information content (AvgIpc) is 3.02. The molecule has 1 N–H and O–H groups in total. The molecule has 1 unspecified atom stereocenters. The summed E-state index contributed by atoms with van der Waals surface area (Å²) in [6.45, 7) is 6.51. The second-order valence-electron chi connectivity index (χ2n) is 8.22. The zero-order valence-corrected chi connectivity index (χ0v) is 17.5. The lowest BCUT2D eigenvalue weighted by Crippen LogP contribution is -2.37. The lowest BCUT2D eigenvalue weighted by Gasteiger charge is -2.26. The molecule has 2 aromatic rings. The number of nitrogens with zero attached hydrogens (tertiary/aromatic N) is 3. The van der Waals surface area contributed by atoms with Crippen LogP contribution in [-0.2, 0) is 29.6 Å². The normalized spacial score (nSPS) is 19.3. The first-order valence-corrected chi connectivity index (χ1v) is 11.2. The Balaban J connectivity index is 1.50. The van der Waals surface area contributed by atoms with Gasteiger partial charge in [0.25, 0.3) is 5.56 Å². The van der Waals surface area contributed by atoms with Gasteiger partial charge in [-0.25, -0.2) is 9.97 Å². The molecule has 0 saturated heterocycles. The van der Waals surface area contributed by atoms with Crippen LogP contribution in [0.25, 0.3) is 0 Å². The number of hydrogen-bond donors (Lipinski definition) is 1. The predicted molar refractivity (Wildman–Crippen MR) is 109 cm³/mol. The Morgan fingerprint density at radius 3 is 2.78 bits per heavy atom. The van der Waals surface area contributed by atoms with Crippen molar-refractivity contribution in [2.45, 2.75) is 63.6 Å². The lowest BCUT2D eigenvalue weighted by molar-refractivity contribution is -0.119. The van der Waals surface area contributed by atoms with Gasteiger partial charge >= 0.3 is 0 Å². The van der Waals surface area contributed by atoms with Crippen molar-refractivity contribution in [2.24, 2.45) is 5.92 Å². The van der Waals surface area contributed by atoms with Gasteiger partial charge in [-0.05, 0) is 25.7 Å². The van der Waals surface area contributed by atoms with Crippen molar-refractivity contribution in [1.29, 1.82) is 0 Å². The molecule has 1 atom stereocenters. The molecule has 0 spiro atoms. The lowest BCUT2D eigenvalue weighted by atomic mass is 9.92. The number of thioether (sulfide) groups is 1. The number of aromatic nitrogens is 3. The minimum Gasteiger partial charge on any atom is -0.302 e. The quantitative estimate of drug-likeness (QED) is 0.778. The Labute approximate surface area is 166 Å². The molecule has 1 aliphatic heterocycles. The molecule has 27 heavy (non-hydrogen) atoms. The Morgan fingerprint density at radius 1 is 1.26 bits per heavy atom. The summed E-state index contributed by atoms with van der Waals surface area (Å²) in [5, 5.41) is 4.37. The van der Waals surface area contributed by atoms with Crippen LogP contribution < -0.4 is 10.9 Å². The zero-order valence-electron chi connectivity index (χ0n) is 15.9. The van der Waals surface area contributed by atoms with E-state index in [2.05, 4.69) is 15.3 Å². The highest BCUT2D eigenvalue weighted by Gasteiger charge is 2.29. The first kappa shape index (κ1) is 18.7. The summed E-state index contributed by atoms with van der Waals surface area (Å²) in [5.41, 5.74) is 1.68. The van der Waals surface area contributed by atoms with Crippen molar-refractivity contribution in [1.82, 2.24) is 14.5 Å². The molecule has 2 aromatic heterocycles. The highest BCUT2D eigenvalue weighted by atomic mass is 32.2. The number of aryl methyl sites for hydroxylation is 2. The first-order chi connectivity index (χ1) is 12.8. The van der Waals surface area contributed by atoms with Crippen molar-refractivity contribution in [3.63, 3.8) is 0 Å². The van der Waals surface area contributed by atoms with Gasteiger partial charge in [-0.1, -0.05) is 32.5 Å². The Bertz CT molecular complexity index is 919. The van der Waals surface area contributed by atoms with Crippen molar-refractivity contribution < 1.29 is 4.79 Å². The van der Waals surface area contributed by atoms with Crippen LogP contribution in [0.1, 0.15) is 49.9 Å². The number of thiazole rings is 1. The van der Waals surface area contributed by atoms with Crippen molar-refractivity contribution in [3.8, 4) is 0 Å². The number of anilines is 1. The molecule has 0 radical (unpaired) electrons. The minimum absolute atomic E-state index is 0.0638. The maximum absolute atomic E-state index is 12.7. The third-order valence-corrected chi connectivity index (χ3v) is 7.22. The van der Waals surface area contributed by atoms with Crippen LogP contribution in [0.4, 0.5) is 5.13 Å². The average molecular weight is 405 g/mol. The Kier molecular flexibility index (Phi) is 4.88. The van der Waals surface area contributed by atoms with Gasteiger partial charge in [0.2, 0.25) is 5.91 Å². The fraction of sp³-hybridized carbons (Fsp3) is 0.579. The summed E-state index contributed by atoms with van der Waals surface area (Å²) in [6.07, 6.45) is 4.44. The topological polar surface area (TPSA) is 76.9 Å². The zero-order chi connectivity index (χ0) is 19.2. The Hall–Kier alpha value is -1.67. The number of amides is 1. The highest BCUT2D eigenvalue weighted by molar-refractivity contribution is 7.99. The molecular formula is C19H24N4O2S2. The van der Waals surface area contributed by atoms with Crippen molar-refractivity contribution in [3.05, 3.63) is 32.7 Å².